The van der Waals surface area contributed by atoms with E-state index in [1.54, 1.807) is 49.4 Å². The lowest BCUT2D eigenvalue weighted by Crippen LogP contribution is -2.16. The average Bonchev–Trinajstić information content (AvgIpc) is 2.71. The third-order valence-corrected chi connectivity index (χ3v) is 6.29. The Morgan fingerprint density at radius 2 is 1.71 bits per heavy atom. The van der Waals surface area contributed by atoms with Crippen LogP contribution >= 0.6 is 23.2 Å². The molecule has 0 aliphatic rings. The van der Waals surface area contributed by atoms with Crippen LogP contribution in [-0.2, 0) is 10.0 Å². The Balaban J connectivity index is 1.84. The minimum absolute atomic E-state index is 0.0329. The molecular formula is C22H20Cl2N2O4S. The van der Waals surface area contributed by atoms with Gasteiger partial charge in [-0.1, -0.05) is 23.2 Å². The zero-order valence-electron chi connectivity index (χ0n) is 16.8. The lowest BCUT2D eigenvalue weighted by atomic mass is 10.1. The fourth-order valence-corrected chi connectivity index (χ4v) is 4.32. The number of benzene rings is 3. The zero-order chi connectivity index (χ0) is 22.6. The van der Waals surface area contributed by atoms with Gasteiger partial charge in [-0.05, 0) is 80.1 Å². The van der Waals surface area contributed by atoms with Crippen molar-refractivity contribution in [1.82, 2.24) is 0 Å². The number of sulfonamides is 1. The normalized spacial score (nSPS) is 11.1. The molecule has 3 aromatic carbocycles. The predicted molar refractivity (Wildman–Crippen MR) is 124 cm³/mol. The highest BCUT2D eigenvalue weighted by Crippen LogP contribution is 2.26. The van der Waals surface area contributed by atoms with Gasteiger partial charge in [-0.25, -0.2) is 8.42 Å². The molecule has 0 saturated carbocycles. The number of halogens is 2. The molecule has 3 rings (SSSR count). The summed E-state index contributed by atoms with van der Waals surface area (Å²) < 4.78 is 33.5. The van der Waals surface area contributed by atoms with Gasteiger partial charge in [0, 0.05) is 16.4 Å². The van der Waals surface area contributed by atoms with E-state index in [4.69, 9.17) is 27.9 Å². The number of hydrogen-bond acceptors (Lipinski definition) is 4. The molecule has 3 aromatic rings. The SMILES string of the molecule is CCOc1ccc(NS(=O)(=O)c2ccc(Cl)c(C(=O)Nc3ccc(Cl)cc3C)c2)cc1. The molecule has 0 saturated heterocycles. The number of ether oxygens (including phenoxy) is 1. The first-order valence-electron chi connectivity index (χ1n) is 9.32. The molecule has 9 heteroatoms. The Morgan fingerprint density at radius 1 is 1.00 bits per heavy atom. The molecule has 0 atom stereocenters. The van der Waals surface area contributed by atoms with E-state index in [2.05, 4.69) is 10.0 Å². The molecule has 162 valence electrons. The van der Waals surface area contributed by atoms with E-state index >= 15 is 0 Å². The van der Waals surface area contributed by atoms with Crippen molar-refractivity contribution in [3.05, 3.63) is 81.8 Å². The van der Waals surface area contributed by atoms with Gasteiger partial charge in [0.25, 0.3) is 15.9 Å². The highest BCUT2D eigenvalue weighted by molar-refractivity contribution is 7.92. The number of nitrogens with one attached hydrogen (secondary N) is 2. The monoisotopic (exact) mass is 478 g/mol. The summed E-state index contributed by atoms with van der Waals surface area (Å²) in [7, 11) is -3.94. The molecular weight excluding hydrogens is 459 g/mol. The van der Waals surface area contributed by atoms with E-state index in [1.807, 2.05) is 6.92 Å². The second kappa shape index (κ2) is 9.60. The first kappa shape index (κ1) is 22.9. The number of aryl methyl sites for hydroxylation is 1. The van der Waals surface area contributed by atoms with Gasteiger partial charge in [-0.15, -0.1) is 0 Å². The summed E-state index contributed by atoms with van der Waals surface area (Å²) in [5, 5.41) is 3.40. The van der Waals surface area contributed by atoms with Crippen molar-refractivity contribution in [2.75, 3.05) is 16.6 Å². The maximum absolute atomic E-state index is 12.8. The van der Waals surface area contributed by atoms with Gasteiger partial charge in [0.15, 0.2) is 0 Å². The molecule has 31 heavy (non-hydrogen) atoms. The third-order valence-electron chi connectivity index (χ3n) is 4.35. The van der Waals surface area contributed by atoms with Crippen LogP contribution in [0.3, 0.4) is 0 Å². The van der Waals surface area contributed by atoms with Crippen LogP contribution in [0.2, 0.25) is 10.0 Å². The maximum Gasteiger partial charge on any atom is 0.261 e. The van der Waals surface area contributed by atoms with Gasteiger partial charge in [-0.2, -0.15) is 0 Å². The molecule has 2 N–H and O–H groups in total. The number of carbonyl (C=O) groups excluding carboxylic acids is 1. The minimum atomic E-state index is -3.94. The van der Waals surface area contributed by atoms with Crippen LogP contribution in [-0.4, -0.2) is 20.9 Å². The fraction of sp³-hybridized carbons (Fsp3) is 0.136. The fourth-order valence-electron chi connectivity index (χ4n) is 2.80. The third kappa shape index (κ3) is 5.70. The predicted octanol–water partition coefficient (Wildman–Crippen LogP) is 5.75. The van der Waals surface area contributed by atoms with E-state index in [9.17, 15) is 13.2 Å². The van der Waals surface area contributed by atoms with Crippen LogP contribution < -0.4 is 14.8 Å². The molecule has 0 bridgehead atoms. The highest BCUT2D eigenvalue weighted by Gasteiger charge is 2.19. The Morgan fingerprint density at radius 3 is 2.35 bits per heavy atom. The second-order valence-electron chi connectivity index (χ2n) is 6.62. The number of hydrogen-bond donors (Lipinski definition) is 2. The van der Waals surface area contributed by atoms with Crippen LogP contribution in [0, 0.1) is 6.92 Å². The lowest BCUT2D eigenvalue weighted by Gasteiger charge is -2.12. The summed E-state index contributed by atoms with van der Waals surface area (Å²) in [6.07, 6.45) is 0. The van der Waals surface area contributed by atoms with E-state index < -0.39 is 15.9 Å². The molecule has 6 nitrogen and oxygen atoms in total. The summed E-state index contributed by atoms with van der Waals surface area (Å²) in [5.74, 6) is 0.0990. The van der Waals surface area contributed by atoms with E-state index in [0.29, 0.717) is 28.8 Å². The van der Waals surface area contributed by atoms with Crippen LogP contribution in [0.15, 0.2) is 65.6 Å². The van der Waals surface area contributed by atoms with Gasteiger partial charge < -0.3 is 10.1 Å². The number of rotatable bonds is 7. The molecule has 0 unspecified atom stereocenters. The lowest BCUT2D eigenvalue weighted by molar-refractivity contribution is 0.102. The molecule has 1 amide bonds. The van der Waals surface area contributed by atoms with Crippen molar-refractivity contribution < 1.29 is 17.9 Å². The first-order valence-corrected chi connectivity index (χ1v) is 11.6. The number of anilines is 2. The van der Waals surface area contributed by atoms with Crippen LogP contribution in [0.1, 0.15) is 22.8 Å². The Labute approximate surface area is 191 Å². The van der Waals surface area contributed by atoms with Crippen molar-refractivity contribution in [2.24, 2.45) is 0 Å². The first-order chi connectivity index (χ1) is 14.7. The van der Waals surface area contributed by atoms with Gasteiger partial charge in [0.2, 0.25) is 0 Å². The molecule has 0 aliphatic carbocycles. The molecule has 0 aliphatic heterocycles. The number of amides is 1. The van der Waals surface area contributed by atoms with Crippen molar-refractivity contribution in [1.29, 1.82) is 0 Å². The standard InChI is InChI=1S/C22H20Cl2N2O4S/c1-3-30-17-7-5-16(6-8-17)26-31(28,29)18-9-10-20(24)19(13-18)22(27)25-21-11-4-15(23)12-14(21)2/h4-13,26H,3H2,1-2H3,(H,25,27). The van der Waals surface area contributed by atoms with Gasteiger partial charge in [0.05, 0.1) is 22.1 Å². The molecule has 0 heterocycles. The Hall–Kier alpha value is -2.74. The zero-order valence-corrected chi connectivity index (χ0v) is 19.1. The van der Waals surface area contributed by atoms with Crippen LogP contribution in [0.5, 0.6) is 5.75 Å². The smallest absolute Gasteiger partial charge is 0.261 e. The van der Waals surface area contributed by atoms with Gasteiger partial charge in [-0.3, -0.25) is 9.52 Å². The van der Waals surface area contributed by atoms with Gasteiger partial charge in [0.1, 0.15) is 5.75 Å². The van der Waals surface area contributed by atoms with Crippen LogP contribution in [0.25, 0.3) is 0 Å². The Kier molecular flexibility index (Phi) is 7.10. The van der Waals surface area contributed by atoms with Crippen molar-refractivity contribution >= 4 is 50.5 Å². The summed E-state index contributed by atoms with van der Waals surface area (Å²) in [4.78, 5) is 12.7. The van der Waals surface area contributed by atoms with Crippen LogP contribution in [0.4, 0.5) is 11.4 Å². The maximum atomic E-state index is 12.8. The van der Waals surface area contributed by atoms with E-state index in [-0.39, 0.29) is 15.5 Å². The summed E-state index contributed by atoms with van der Waals surface area (Å²) in [6.45, 7) is 4.17. The minimum Gasteiger partial charge on any atom is -0.494 e. The number of carbonyl (C=O) groups is 1. The quantitative estimate of drug-likeness (QED) is 0.452. The summed E-state index contributed by atoms with van der Waals surface area (Å²) >= 11 is 12.1. The van der Waals surface area contributed by atoms with E-state index in [0.717, 1.165) is 5.56 Å². The van der Waals surface area contributed by atoms with Crippen molar-refractivity contribution in [2.45, 2.75) is 18.7 Å². The molecule has 0 fully saturated rings. The summed E-state index contributed by atoms with van der Waals surface area (Å²) in [6, 6.07) is 15.5. The average molecular weight is 479 g/mol. The van der Waals surface area contributed by atoms with Crippen molar-refractivity contribution in [3.63, 3.8) is 0 Å². The van der Waals surface area contributed by atoms with Gasteiger partial charge >= 0.3 is 0 Å². The largest absolute Gasteiger partial charge is 0.494 e. The van der Waals surface area contributed by atoms with E-state index in [1.165, 1.54) is 18.2 Å². The van der Waals surface area contributed by atoms with Crippen molar-refractivity contribution in [3.8, 4) is 5.75 Å². The Bertz CT molecular complexity index is 1210. The molecule has 0 spiro atoms. The molecule has 0 aromatic heterocycles. The highest BCUT2D eigenvalue weighted by atomic mass is 35.5. The second-order valence-corrected chi connectivity index (χ2v) is 9.14. The molecule has 0 radical (unpaired) electrons. The summed E-state index contributed by atoms with van der Waals surface area (Å²) in [5.41, 5.74) is 1.70. The topological polar surface area (TPSA) is 84.5 Å².